The van der Waals surface area contributed by atoms with Gasteiger partial charge in [0, 0.05) is 43.3 Å². The van der Waals surface area contributed by atoms with Gasteiger partial charge in [0.25, 0.3) is 0 Å². The second-order valence-electron chi connectivity index (χ2n) is 10.7. The fourth-order valence-electron chi connectivity index (χ4n) is 5.15. The Bertz CT molecular complexity index is 1860. The normalized spacial score (nSPS) is 12.4. The number of anilines is 1. The molecule has 5 rings (SSSR count). The van der Waals surface area contributed by atoms with Gasteiger partial charge >= 0.3 is 6.18 Å². The lowest BCUT2D eigenvalue weighted by Gasteiger charge is -2.18. The number of fused-ring (bicyclic) bond motifs is 1. The summed E-state index contributed by atoms with van der Waals surface area (Å²) < 4.78 is 42.9. The van der Waals surface area contributed by atoms with Crippen LogP contribution in [0, 0.1) is 0 Å². The largest absolute Gasteiger partial charge is 0.417 e. The molecule has 1 unspecified atom stereocenters. The molecular weight excluding hydrogens is 662 g/mol. The maximum atomic E-state index is 13.7. The van der Waals surface area contributed by atoms with Crippen LogP contribution >= 0.6 is 34.8 Å². The van der Waals surface area contributed by atoms with E-state index >= 15 is 0 Å². The predicted molar refractivity (Wildman–Crippen MR) is 176 cm³/mol. The smallest absolute Gasteiger partial charge is 0.395 e. The molecule has 0 aliphatic carbocycles. The van der Waals surface area contributed by atoms with Crippen molar-refractivity contribution in [1.82, 2.24) is 14.9 Å². The van der Waals surface area contributed by atoms with Crippen LogP contribution in [-0.4, -0.2) is 33.7 Å². The van der Waals surface area contributed by atoms with Gasteiger partial charge in [0.05, 0.1) is 38.3 Å². The lowest BCUT2D eigenvalue weighted by Crippen LogP contribution is -2.26. The van der Waals surface area contributed by atoms with Crippen LogP contribution in [-0.2, 0) is 24.1 Å². The number of benzene rings is 4. The summed E-state index contributed by atoms with van der Waals surface area (Å²) in [6.07, 6.45) is -4.60. The van der Waals surface area contributed by atoms with Crippen molar-refractivity contribution in [2.24, 2.45) is 5.73 Å². The number of primary amides is 1. The third-order valence-electron chi connectivity index (χ3n) is 7.38. The molecule has 0 bridgehead atoms. The second kappa shape index (κ2) is 14.3. The standard InChI is InChI=1S/C33H29Cl3F3N5O2/c34-25-8-2-20(13-24(25)33(37,38)39)18-44-30-10-5-22(28(16-31(40)46)42-17-19-1-9-26(35)27(36)14-19)15-29(30)43-32(44)21-3-6-23(7-4-21)41-11-12-45/h1-10,13-15,28,41-42,45H,11-12,16-18H2,(H2,40,46). The molecule has 0 aliphatic rings. The number of aliphatic hydroxyl groups excluding tert-OH is 1. The van der Waals surface area contributed by atoms with Crippen molar-refractivity contribution in [2.45, 2.75) is 31.7 Å². The van der Waals surface area contributed by atoms with Gasteiger partial charge in [-0.2, -0.15) is 13.2 Å². The van der Waals surface area contributed by atoms with Gasteiger partial charge in [-0.15, -0.1) is 0 Å². The van der Waals surface area contributed by atoms with Crippen molar-refractivity contribution in [2.75, 3.05) is 18.5 Å². The van der Waals surface area contributed by atoms with Crippen LogP contribution < -0.4 is 16.4 Å². The van der Waals surface area contributed by atoms with E-state index in [1.54, 1.807) is 18.2 Å². The molecule has 7 nitrogen and oxygen atoms in total. The summed E-state index contributed by atoms with van der Waals surface area (Å²) in [6, 6.07) is 21.5. The van der Waals surface area contributed by atoms with E-state index in [-0.39, 0.29) is 24.6 Å². The molecule has 0 spiro atoms. The van der Waals surface area contributed by atoms with Crippen LogP contribution in [0.4, 0.5) is 18.9 Å². The highest BCUT2D eigenvalue weighted by atomic mass is 35.5. The zero-order valence-corrected chi connectivity index (χ0v) is 26.5. The average Bonchev–Trinajstić information content (AvgIpc) is 3.37. The molecule has 0 saturated heterocycles. The molecule has 0 aliphatic heterocycles. The number of carbonyl (C=O) groups excluding carboxylic acids is 1. The van der Waals surface area contributed by atoms with E-state index in [0.29, 0.717) is 45.6 Å². The van der Waals surface area contributed by atoms with Gasteiger partial charge in [-0.05, 0) is 77.4 Å². The van der Waals surface area contributed by atoms with E-state index in [0.717, 1.165) is 28.4 Å². The number of nitrogens with zero attached hydrogens (tertiary/aromatic N) is 2. The fraction of sp³-hybridized carbons (Fsp3) is 0.212. The number of carbonyl (C=O) groups is 1. The summed E-state index contributed by atoms with van der Waals surface area (Å²) in [5.41, 5.74) is 9.43. The molecule has 5 N–H and O–H groups in total. The molecule has 1 aromatic heterocycles. The van der Waals surface area contributed by atoms with Crippen LogP contribution in [0.1, 0.15) is 34.7 Å². The highest BCUT2D eigenvalue weighted by Crippen LogP contribution is 2.36. The second-order valence-corrected chi connectivity index (χ2v) is 11.9. The Morgan fingerprint density at radius 1 is 0.913 bits per heavy atom. The van der Waals surface area contributed by atoms with E-state index in [4.69, 9.17) is 50.6 Å². The van der Waals surface area contributed by atoms with Crippen LogP contribution in [0.15, 0.2) is 78.9 Å². The molecule has 1 atom stereocenters. The highest BCUT2D eigenvalue weighted by Gasteiger charge is 2.33. The number of aliphatic hydroxyl groups is 1. The topological polar surface area (TPSA) is 105 Å². The van der Waals surface area contributed by atoms with Crippen LogP contribution in [0.25, 0.3) is 22.4 Å². The van der Waals surface area contributed by atoms with Crippen molar-refractivity contribution >= 4 is 57.4 Å². The molecule has 0 saturated carbocycles. The molecule has 240 valence electrons. The van der Waals surface area contributed by atoms with Crippen molar-refractivity contribution in [3.8, 4) is 11.4 Å². The number of amides is 1. The van der Waals surface area contributed by atoms with Crippen LogP contribution in [0.2, 0.25) is 15.1 Å². The van der Waals surface area contributed by atoms with Crippen LogP contribution in [0.5, 0.6) is 0 Å². The van der Waals surface area contributed by atoms with Gasteiger partial charge in [0.1, 0.15) is 5.82 Å². The minimum absolute atomic E-state index is 0.00763. The number of aromatic nitrogens is 2. The zero-order valence-electron chi connectivity index (χ0n) is 24.2. The van der Waals surface area contributed by atoms with Crippen molar-refractivity contribution < 1.29 is 23.1 Å². The fourth-order valence-corrected chi connectivity index (χ4v) is 5.70. The number of alkyl halides is 3. The van der Waals surface area contributed by atoms with Gasteiger partial charge in [0.2, 0.25) is 5.91 Å². The Balaban J connectivity index is 1.55. The Kier molecular flexibility index (Phi) is 10.4. The molecule has 5 aromatic rings. The van der Waals surface area contributed by atoms with Crippen molar-refractivity contribution in [3.05, 3.63) is 116 Å². The summed E-state index contributed by atoms with van der Waals surface area (Å²) in [7, 11) is 0. The third-order valence-corrected chi connectivity index (χ3v) is 8.45. The van der Waals surface area contributed by atoms with E-state index in [2.05, 4.69) is 10.6 Å². The molecule has 13 heteroatoms. The monoisotopic (exact) mass is 689 g/mol. The van der Waals surface area contributed by atoms with Crippen molar-refractivity contribution in [1.29, 1.82) is 0 Å². The number of rotatable bonds is 12. The summed E-state index contributed by atoms with van der Waals surface area (Å²) in [4.78, 5) is 16.9. The van der Waals surface area contributed by atoms with Gasteiger partial charge in [0.15, 0.2) is 0 Å². The Hall–Kier alpha value is -3.80. The Labute approximate surface area is 278 Å². The first-order valence-corrected chi connectivity index (χ1v) is 15.3. The lowest BCUT2D eigenvalue weighted by atomic mass is 10.0. The summed E-state index contributed by atoms with van der Waals surface area (Å²) in [5, 5.41) is 16.0. The van der Waals surface area contributed by atoms with E-state index in [9.17, 15) is 18.0 Å². The Morgan fingerprint density at radius 2 is 1.63 bits per heavy atom. The summed E-state index contributed by atoms with van der Waals surface area (Å²) in [6.45, 7) is 0.807. The maximum Gasteiger partial charge on any atom is 0.417 e. The number of nitrogens with one attached hydrogen (secondary N) is 2. The third kappa shape index (κ3) is 7.94. The molecule has 1 heterocycles. The van der Waals surface area contributed by atoms with Gasteiger partial charge in [-0.1, -0.05) is 53.0 Å². The van der Waals surface area contributed by atoms with E-state index in [1.807, 2.05) is 53.1 Å². The zero-order chi connectivity index (χ0) is 33.0. The van der Waals surface area contributed by atoms with Crippen LogP contribution in [0.3, 0.4) is 0 Å². The number of imidazole rings is 1. The lowest BCUT2D eigenvalue weighted by molar-refractivity contribution is -0.137. The highest BCUT2D eigenvalue weighted by molar-refractivity contribution is 6.42. The van der Waals surface area contributed by atoms with Gasteiger partial charge in [-0.3, -0.25) is 4.79 Å². The first-order chi connectivity index (χ1) is 21.9. The maximum absolute atomic E-state index is 13.7. The number of hydrogen-bond donors (Lipinski definition) is 4. The minimum atomic E-state index is -4.61. The Morgan fingerprint density at radius 3 is 2.30 bits per heavy atom. The van der Waals surface area contributed by atoms with Gasteiger partial charge in [-0.25, -0.2) is 4.98 Å². The van der Waals surface area contributed by atoms with Crippen molar-refractivity contribution in [3.63, 3.8) is 0 Å². The summed E-state index contributed by atoms with van der Waals surface area (Å²) >= 11 is 18.1. The SMILES string of the molecule is NC(=O)CC(NCc1ccc(Cl)c(Cl)c1)c1ccc2c(c1)nc(-c1ccc(NCCO)cc1)n2Cc1ccc(Cl)c(C(F)(F)F)c1. The molecule has 0 fully saturated rings. The summed E-state index contributed by atoms with van der Waals surface area (Å²) in [5.74, 6) is 0.0237. The first kappa shape index (κ1) is 33.6. The first-order valence-electron chi connectivity index (χ1n) is 14.2. The number of nitrogens with two attached hydrogens (primary N) is 1. The van der Waals surface area contributed by atoms with E-state index in [1.165, 1.54) is 6.07 Å². The number of halogens is 6. The molecule has 1 amide bonds. The molecular formula is C33H29Cl3F3N5O2. The minimum Gasteiger partial charge on any atom is -0.395 e. The predicted octanol–water partition coefficient (Wildman–Crippen LogP) is 7.84. The molecule has 0 radical (unpaired) electrons. The molecule has 4 aromatic carbocycles. The van der Waals surface area contributed by atoms with E-state index < -0.39 is 23.7 Å². The average molecular weight is 691 g/mol. The quantitative estimate of drug-likeness (QED) is 0.107. The molecule has 46 heavy (non-hydrogen) atoms. The number of hydrogen-bond acceptors (Lipinski definition) is 5. The van der Waals surface area contributed by atoms with Gasteiger partial charge < -0.3 is 26.0 Å².